The number of hydrogen-bond acceptors (Lipinski definition) is 5. The Morgan fingerprint density at radius 2 is 2.07 bits per heavy atom. The third-order valence-corrected chi connectivity index (χ3v) is 10.4. The van der Waals surface area contributed by atoms with Gasteiger partial charge in [-0.3, -0.25) is 4.79 Å². The maximum absolute atomic E-state index is 13.1. The van der Waals surface area contributed by atoms with Gasteiger partial charge in [-0.1, -0.05) is 49.2 Å². The summed E-state index contributed by atoms with van der Waals surface area (Å²) in [6, 6.07) is 11.5. The highest BCUT2D eigenvalue weighted by Gasteiger charge is 2.43. The number of hydrogen-bond donors (Lipinski definition) is 1. The number of anilines is 1. The third kappa shape index (κ3) is 6.67. The number of carbonyl (C=O) groups is 1. The van der Waals surface area contributed by atoms with Crippen LogP contribution in [0.3, 0.4) is 0 Å². The molecule has 6 nitrogen and oxygen atoms in total. The van der Waals surface area contributed by atoms with Crippen molar-refractivity contribution >= 4 is 33.2 Å². The fourth-order valence-corrected chi connectivity index (χ4v) is 7.71. The Morgan fingerprint density at radius 1 is 1.22 bits per heavy atom. The molecule has 0 saturated heterocycles. The quantitative estimate of drug-likeness (QED) is 0.304. The zero-order valence-electron chi connectivity index (χ0n) is 23.9. The van der Waals surface area contributed by atoms with Crippen molar-refractivity contribution in [3.05, 3.63) is 82.9 Å². The summed E-state index contributed by atoms with van der Waals surface area (Å²) < 4.78 is 33.6. The standard InChI is InChI=1S/C33H41ClN2O4S/c1-3-5-7-9-24-11-12-27(24)21-36-22-33(17-8-10-25-19-28(34)14-15-29(25)33)23-40-31-16-13-26(20-30(31)36)32(37)35-41(38,39)18-6-4-2/h4,7,9,13-16,19-20,24,27H,2-3,5-6,8,10-12,17-18,21-23H2,1H3,(H,35,37)/b9-7+/t24-,27+,33?/m0/s1. The van der Waals surface area contributed by atoms with Gasteiger partial charge in [0.25, 0.3) is 5.91 Å². The highest BCUT2D eigenvalue weighted by Crippen LogP contribution is 2.46. The van der Waals surface area contributed by atoms with Crippen molar-refractivity contribution < 1.29 is 17.9 Å². The Kier molecular flexibility index (Phi) is 9.15. The molecule has 1 saturated carbocycles. The normalized spacial score (nSPS) is 23.7. The average molecular weight is 597 g/mol. The summed E-state index contributed by atoms with van der Waals surface area (Å²) in [5.41, 5.74) is 3.53. The largest absolute Gasteiger partial charge is 0.490 e. The van der Waals surface area contributed by atoms with Gasteiger partial charge in [0.1, 0.15) is 5.75 Å². The van der Waals surface area contributed by atoms with Crippen molar-refractivity contribution in [1.82, 2.24) is 4.72 Å². The molecule has 8 heteroatoms. The van der Waals surface area contributed by atoms with Crippen molar-refractivity contribution in [3.63, 3.8) is 0 Å². The van der Waals surface area contributed by atoms with Crippen LogP contribution in [0.1, 0.15) is 73.4 Å². The first-order valence-electron chi connectivity index (χ1n) is 14.9. The monoisotopic (exact) mass is 596 g/mol. The van der Waals surface area contributed by atoms with E-state index in [0.29, 0.717) is 24.0 Å². The molecule has 5 rings (SSSR count). The molecule has 220 valence electrons. The number of rotatable bonds is 10. The summed E-state index contributed by atoms with van der Waals surface area (Å²) in [4.78, 5) is 15.5. The van der Waals surface area contributed by atoms with Crippen LogP contribution in [0.4, 0.5) is 5.69 Å². The Labute approximate surface area is 249 Å². The lowest BCUT2D eigenvalue weighted by Crippen LogP contribution is -2.48. The van der Waals surface area contributed by atoms with Gasteiger partial charge >= 0.3 is 0 Å². The third-order valence-electron chi connectivity index (χ3n) is 8.91. The highest BCUT2D eigenvalue weighted by atomic mass is 35.5. The number of nitrogens with zero attached hydrogens (tertiary/aromatic N) is 1. The average Bonchev–Trinajstić information content (AvgIpc) is 3.09. The summed E-state index contributed by atoms with van der Waals surface area (Å²) in [7, 11) is -3.76. The second-order valence-corrected chi connectivity index (χ2v) is 14.1. The molecule has 1 unspecified atom stereocenters. The number of amides is 1. The van der Waals surface area contributed by atoms with Gasteiger partial charge in [-0.25, -0.2) is 13.1 Å². The number of halogens is 1. The van der Waals surface area contributed by atoms with E-state index in [1.165, 1.54) is 23.6 Å². The van der Waals surface area contributed by atoms with Gasteiger partial charge in [-0.2, -0.15) is 0 Å². The maximum Gasteiger partial charge on any atom is 0.264 e. The van der Waals surface area contributed by atoms with Crippen LogP contribution in [0.5, 0.6) is 5.75 Å². The van der Waals surface area contributed by atoms with Crippen LogP contribution in [0.25, 0.3) is 0 Å². The summed E-state index contributed by atoms with van der Waals surface area (Å²) >= 11 is 6.39. The molecule has 1 fully saturated rings. The smallest absolute Gasteiger partial charge is 0.264 e. The number of ether oxygens (including phenoxy) is 1. The van der Waals surface area contributed by atoms with E-state index >= 15 is 0 Å². The van der Waals surface area contributed by atoms with Crippen LogP contribution in [0.15, 0.2) is 61.2 Å². The Hall–Kier alpha value is -2.77. The van der Waals surface area contributed by atoms with Gasteiger partial charge in [0, 0.05) is 29.1 Å². The number of carbonyl (C=O) groups excluding carboxylic acids is 1. The fourth-order valence-electron chi connectivity index (χ4n) is 6.54. The summed E-state index contributed by atoms with van der Waals surface area (Å²) in [6.07, 6.45) is 14.2. The molecule has 41 heavy (non-hydrogen) atoms. The van der Waals surface area contributed by atoms with Crippen LogP contribution in [0, 0.1) is 11.8 Å². The van der Waals surface area contributed by atoms with Crippen molar-refractivity contribution in [3.8, 4) is 5.75 Å². The van der Waals surface area contributed by atoms with E-state index in [2.05, 4.69) is 47.4 Å². The lowest BCUT2D eigenvalue weighted by Gasteiger charge is -2.44. The maximum atomic E-state index is 13.1. The van der Waals surface area contributed by atoms with E-state index in [1.807, 2.05) is 12.1 Å². The Balaban J connectivity index is 1.48. The van der Waals surface area contributed by atoms with Gasteiger partial charge in [0.2, 0.25) is 10.0 Å². The van der Waals surface area contributed by atoms with Crippen LogP contribution in [0.2, 0.25) is 5.02 Å². The van der Waals surface area contributed by atoms with Gasteiger partial charge in [-0.15, -0.1) is 6.58 Å². The van der Waals surface area contributed by atoms with Crippen molar-refractivity contribution in [2.24, 2.45) is 11.8 Å². The minimum Gasteiger partial charge on any atom is -0.490 e. The number of benzene rings is 2. The molecule has 2 aromatic rings. The first-order valence-corrected chi connectivity index (χ1v) is 16.9. The van der Waals surface area contributed by atoms with E-state index in [1.54, 1.807) is 12.1 Å². The van der Waals surface area contributed by atoms with Gasteiger partial charge in [-0.05, 0) is 98.2 Å². The predicted molar refractivity (Wildman–Crippen MR) is 167 cm³/mol. The molecule has 1 aliphatic heterocycles. The Morgan fingerprint density at radius 3 is 2.83 bits per heavy atom. The molecule has 1 spiro atoms. The SMILES string of the molecule is C=CCCS(=O)(=O)NC(=O)c1ccc2c(c1)N(C[C@H]1CC[C@@H]1/C=C/CCC)CC1(CCCc3cc(Cl)ccc31)CO2. The molecule has 3 atom stereocenters. The Bertz CT molecular complexity index is 1420. The van der Waals surface area contributed by atoms with E-state index in [-0.39, 0.29) is 17.6 Å². The van der Waals surface area contributed by atoms with E-state index in [0.717, 1.165) is 68.1 Å². The van der Waals surface area contributed by atoms with Crippen LogP contribution < -0.4 is 14.4 Å². The number of sulfonamides is 1. The first kappa shape index (κ1) is 29.7. The van der Waals surface area contributed by atoms with Crippen molar-refractivity contribution in [1.29, 1.82) is 0 Å². The number of fused-ring (bicyclic) bond motifs is 3. The first-order chi connectivity index (χ1) is 19.7. The number of nitrogens with one attached hydrogen (secondary N) is 1. The summed E-state index contributed by atoms with van der Waals surface area (Å²) in [6.45, 7) is 7.93. The second-order valence-electron chi connectivity index (χ2n) is 11.8. The van der Waals surface area contributed by atoms with Crippen LogP contribution >= 0.6 is 11.6 Å². The minimum atomic E-state index is -3.76. The summed E-state index contributed by atoms with van der Waals surface area (Å²) in [5.74, 6) is 0.979. The molecule has 3 aliphatic rings. The lowest BCUT2D eigenvalue weighted by atomic mass is 9.69. The van der Waals surface area contributed by atoms with Gasteiger partial charge in [0.15, 0.2) is 0 Å². The van der Waals surface area contributed by atoms with E-state index < -0.39 is 15.9 Å². The molecule has 2 aromatic carbocycles. The number of aryl methyl sites for hydroxylation is 1. The molecule has 0 radical (unpaired) electrons. The van der Waals surface area contributed by atoms with Gasteiger partial charge < -0.3 is 9.64 Å². The zero-order chi connectivity index (χ0) is 29.0. The number of allylic oxidation sites excluding steroid dienone is 3. The van der Waals surface area contributed by atoms with Crippen molar-refractivity contribution in [2.75, 3.05) is 30.3 Å². The van der Waals surface area contributed by atoms with Crippen LogP contribution in [-0.2, 0) is 21.9 Å². The zero-order valence-corrected chi connectivity index (χ0v) is 25.5. The molecule has 1 N–H and O–H groups in total. The highest BCUT2D eigenvalue weighted by molar-refractivity contribution is 7.90. The molecular formula is C33H41ClN2O4S. The van der Waals surface area contributed by atoms with E-state index in [4.69, 9.17) is 16.3 Å². The number of unbranched alkanes of at least 4 members (excludes halogenated alkanes) is 1. The fraction of sp³-hybridized carbons (Fsp3) is 0.485. The molecule has 1 heterocycles. The molecule has 2 aliphatic carbocycles. The topological polar surface area (TPSA) is 75.7 Å². The van der Waals surface area contributed by atoms with Crippen LogP contribution in [-0.4, -0.2) is 39.8 Å². The molecular weight excluding hydrogens is 556 g/mol. The van der Waals surface area contributed by atoms with Crippen molar-refractivity contribution in [2.45, 2.75) is 63.7 Å². The summed E-state index contributed by atoms with van der Waals surface area (Å²) in [5, 5.41) is 0.755. The second kappa shape index (κ2) is 12.6. The minimum absolute atomic E-state index is 0.178. The lowest BCUT2D eigenvalue weighted by molar-refractivity contribution is 0.0981. The predicted octanol–water partition coefficient (Wildman–Crippen LogP) is 6.83. The molecule has 0 bridgehead atoms. The van der Waals surface area contributed by atoms with Gasteiger partial charge in [0.05, 0.1) is 18.0 Å². The molecule has 1 amide bonds. The molecule has 0 aromatic heterocycles. The van der Waals surface area contributed by atoms with E-state index in [9.17, 15) is 13.2 Å².